The highest BCUT2D eigenvalue weighted by atomic mass is 32.2. The summed E-state index contributed by atoms with van der Waals surface area (Å²) < 4.78 is 26.2. The molecule has 0 aliphatic heterocycles. The normalized spacial score (nSPS) is 18.6. The molecule has 0 heterocycles. The molecule has 0 saturated heterocycles. The van der Waals surface area contributed by atoms with Gasteiger partial charge in [0.05, 0.1) is 5.25 Å². The van der Waals surface area contributed by atoms with Crippen molar-refractivity contribution in [3.8, 4) is 0 Å². The molecule has 1 fully saturated rings. The number of hydrogen-bond donors (Lipinski definition) is 1. The van der Waals surface area contributed by atoms with Crippen LogP contribution in [0.25, 0.3) is 0 Å². The number of sulfonamides is 1. The van der Waals surface area contributed by atoms with Crippen molar-refractivity contribution in [1.29, 1.82) is 0 Å². The van der Waals surface area contributed by atoms with E-state index >= 15 is 0 Å². The molecule has 1 atom stereocenters. The Bertz CT molecular complexity index is 312. The summed E-state index contributed by atoms with van der Waals surface area (Å²) >= 11 is 0. The van der Waals surface area contributed by atoms with Crippen molar-refractivity contribution in [2.45, 2.75) is 57.7 Å². The van der Waals surface area contributed by atoms with Crippen molar-refractivity contribution in [3.63, 3.8) is 0 Å². The third-order valence-corrected chi connectivity index (χ3v) is 5.60. The van der Waals surface area contributed by atoms with Gasteiger partial charge in [-0.15, -0.1) is 0 Å². The van der Waals surface area contributed by atoms with Gasteiger partial charge in [-0.05, 0) is 26.2 Å². The summed E-state index contributed by atoms with van der Waals surface area (Å²) in [6.45, 7) is 7.61. The first-order chi connectivity index (χ1) is 8.02. The van der Waals surface area contributed by atoms with E-state index in [2.05, 4.69) is 12.2 Å². The SMILES string of the molecule is CCCCN(CC)S(=O)(=O)C(C)CNC1CC1. The fourth-order valence-corrected chi connectivity index (χ4v) is 3.34. The van der Waals surface area contributed by atoms with Crippen molar-refractivity contribution < 1.29 is 8.42 Å². The van der Waals surface area contributed by atoms with E-state index in [1.807, 2.05) is 6.92 Å². The van der Waals surface area contributed by atoms with Gasteiger partial charge in [-0.1, -0.05) is 20.3 Å². The molecule has 0 aromatic rings. The summed E-state index contributed by atoms with van der Waals surface area (Å²) in [6, 6.07) is 0.568. The lowest BCUT2D eigenvalue weighted by molar-refractivity contribution is 0.410. The van der Waals surface area contributed by atoms with E-state index in [9.17, 15) is 8.42 Å². The molecule has 0 bridgehead atoms. The molecule has 0 aromatic heterocycles. The molecule has 17 heavy (non-hydrogen) atoms. The van der Waals surface area contributed by atoms with E-state index in [4.69, 9.17) is 0 Å². The number of nitrogens with zero attached hydrogens (tertiary/aromatic N) is 1. The lowest BCUT2D eigenvalue weighted by atomic mass is 10.3. The van der Waals surface area contributed by atoms with Crippen molar-refractivity contribution in [1.82, 2.24) is 9.62 Å². The maximum atomic E-state index is 12.3. The molecule has 102 valence electrons. The first-order valence-electron chi connectivity index (χ1n) is 6.74. The van der Waals surface area contributed by atoms with E-state index in [-0.39, 0.29) is 5.25 Å². The Labute approximate surface area is 106 Å². The Morgan fingerprint density at radius 2 is 2.00 bits per heavy atom. The molecule has 0 amide bonds. The number of rotatable bonds is 9. The second kappa shape index (κ2) is 6.71. The van der Waals surface area contributed by atoms with Crippen LogP contribution in [0, 0.1) is 0 Å². The fourth-order valence-electron chi connectivity index (χ4n) is 1.78. The molecule has 1 N–H and O–H groups in total. The lowest BCUT2D eigenvalue weighted by Gasteiger charge is -2.24. The molecule has 1 aliphatic carbocycles. The summed E-state index contributed by atoms with van der Waals surface area (Å²) in [7, 11) is -3.12. The van der Waals surface area contributed by atoms with Gasteiger partial charge < -0.3 is 5.32 Å². The van der Waals surface area contributed by atoms with Gasteiger partial charge >= 0.3 is 0 Å². The number of hydrogen-bond acceptors (Lipinski definition) is 3. The van der Waals surface area contributed by atoms with Crippen LogP contribution < -0.4 is 5.32 Å². The average Bonchev–Trinajstić information content (AvgIpc) is 3.10. The Balaban J connectivity index is 2.48. The van der Waals surface area contributed by atoms with Crippen LogP contribution in [-0.2, 0) is 10.0 Å². The van der Waals surface area contributed by atoms with Gasteiger partial charge in [0.25, 0.3) is 0 Å². The molecule has 0 aromatic carbocycles. The Morgan fingerprint density at radius 3 is 2.47 bits per heavy atom. The monoisotopic (exact) mass is 262 g/mol. The number of nitrogens with one attached hydrogen (secondary N) is 1. The highest BCUT2D eigenvalue weighted by Crippen LogP contribution is 2.19. The minimum atomic E-state index is -3.12. The molecule has 1 rings (SSSR count). The first-order valence-corrected chi connectivity index (χ1v) is 8.25. The van der Waals surface area contributed by atoms with E-state index in [0.717, 1.165) is 12.8 Å². The predicted octanol–water partition coefficient (Wildman–Crippen LogP) is 1.58. The van der Waals surface area contributed by atoms with E-state index < -0.39 is 10.0 Å². The van der Waals surface area contributed by atoms with Gasteiger partial charge in [0.1, 0.15) is 0 Å². The largest absolute Gasteiger partial charge is 0.313 e. The van der Waals surface area contributed by atoms with Gasteiger partial charge in [0, 0.05) is 25.7 Å². The lowest BCUT2D eigenvalue weighted by Crippen LogP contribution is -2.42. The summed E-state index contributed by atoms with van der Waals surface area (Å²) in [4.78, 5) is 0. The summed E-state index contributed by atoms with van der Waals surface area (Å²) in [5, 5.41) is 2.97. The molecule has 0 spiro atoms. The third kappa shape index (κ3) is 4.56. The third-order valence-electron chi connectivity index (χ3n) is 3.25. The van der Waals surface area contributed by atoms with Crippen LogP contribution in [0.4, 0.5) is 0 Å². The smallest absolute Gasteiger partial charge is 0.217 e. The van der Waals surface area contributed by atoms with Gasteiger partial charge in [-0.3, -0.25) is 0 Å². The zero-order valence-corrected chi connectivity index (χ0v) is 12.1. The van der Waals surface area contributed by atoms with Gasteiger partial charge in [0.2, 0.25) is 10.0 Å². The summed E-state index contributed by atoms with van der Waals surface area (Å²) in [5.74, 6) is 0. The van der Waals surface area contributed by atoms with Crippen LogP contribution in [0.5, 0.6) is 0 Å². The minimum Gasteiger partial charge on any atom is -0.313 e. The zero-order valence-electron chi connectivity index (χ0n) is 11.3. The van der Waals surface area contributed by atoms with Crippen molar-refractivity contribution >= 4 is 10.0 Å². The maximum Gasteiger partial charge on any atom is 0.217 e. The minimum absolute atomic E-state index is 0.320. The van der Waals surface area contributed by atoms with E-state index in [1.165, 1.54) is 12.8 Å². The van der Waals surface area contributed by atoms with Gasteiger partial charge in [0.15, 0.2) is 0 Å². The molecule has 1 unspecified atom stereocenters. The highest BCUT2D eigenvalue weighted by molar-refractivity contribution is 7.89. The topological polar surface area (TPSA) is 49.4 Å². The van der Waals surface area contributed by atoms with Crippen LogP contribution in [0.2, 0.25) is 0 Å². The van der Waals surface area contributed by atoms with Crippen molar-refractivity contribution in [2.24, 2.45) is 0 Å². The fraction of sp³-hybridized carbons (Fsp3) is 1.00. The van der Waals surface area contributed by atoms with E-state index in [0.29, 0.717) is 25.7 Å². The van der Waals surface area contributed by atoms with Gasteiger partial charge in [-0.2, -0.15) is 0 Å². The molecular weight excluding hydrogens is 236 g/mol. The van der Waals surface area contributed by atoms with Crippen LogP contribution in [0.15, 0.2) is 0 Å². The van der Waals surface area contributed by atoms with Crippen LogP contribution in [0.3, 0.4) is 0 Å². The van der Waals surface area contributed by atoms with Crippen molar-refractivity contribution in [3.05, 3.63) is 0 Å². The van der Waals surface area contributed by atoms with Crippen LogP contribution >= 0.6 is 0 Å². The standard InChI is InChI=1S/C12H26N2O2S/c1-4-6-9-14(5-2)17(15,16)11(3)10-13-12-7-8-12/h11-13H,4-10H2,1-3H3. The molecule has 0 radical (unpaired) electrons. The Hall–Kier alpha value is -0.130. The second-order valence-electron chi connectivity index (χ2n) is 4.88. The van der Waals surface area contributed by atoms with Gasteiger partial charge in [-0.25, -0.2) is 12.7 Å². The molecule has 1 aliphatic rings. The van der Waals surface area contributed by atoms with E-state index in [1.54, 1.807) is 11.2 Å². The maximum absolute atomic E-state index is 12.3. The zero-order chi connectivity index (χ0) is 12.9. The molecule has 1 saturated carbocycles. The Kier molecular flexibility index (Phi) is 5.89. The molecule has 4 nitrogen and oxygen atoms in total. The van der Waals surface area contributed by atoms with Crippen LogP contribution in [0.1, 0.15) is 46.5 Å². The second-order valence-corrected chi connectivity index (χ2v) is 7.23. The predicted molar refractivity (Wildman–Crippen MR) is 71.6 cm³/mol. The summed E-state index contributed by atoms with van der Waals surface area (Å²) in [5.41, 5.74) is 0. The number of unbranched alkanes of at least 4 members (excludes halogenated alkanes) is 1. The van der Waals surface area contributed by atoms with Crippen molar-refractivity contribution in [2.75, 3.05) is 19.6 Å². The first kappa shape index (κ1) is 14.9. The average molecular weight is 262 g/mol. The quantitative estimate of drug-likeness (QED) is 0.686. The highest BCUT2D eigenvalue weighted by Gasteiger charge is 2.29. The molecular formula is C12H26N2O2S. The molecule has 5 heteroatoms. The summed E-state index contributed by atoms with van der Waals surface area (Å²) in [6.07, 6.45) is 4.36. The Morgan fingerprint density at radius 1 is 1.35 bits per heavy atom. The van der Waals surface area contributed by atoms with Crippen LogP contribution in [-0.4, -0.2) is 43.6 Å².